The molecular formula is C54H58N4. The second-order valence-corrected chi connectivity index (χ2v) is 16.6. The molecule has 0 atom stereocenters. The summed E-state index contributed by atoms with van der Waals surface area (Å²) in [5.41, 5.74) is 12.2. The first kappa shape index (κ1) is 39.4. The minimum absolute atomic E-state index is 0.639. The third-order valence-corrected chi connectivity index (χ3v) is 12.1. The van der Waals surface area contributed by atoms with Crippen molar-refractivity contribution >= 4 is 43.4 Å². The summed E-state index contributed by atoms with van der Waals surface area (Å²) in [7, 11) is 0. The highest BCUT2D eigenvalue weighted by molar-refractivity contribution is 6.03. The lowest BCUT2D eigenvalue weighted by Crippen LogP contribution is -2.02. The van der Waals surface area contributed by atoms with Gasteiger partial charge in [0.15, 0.2) is 5.82 Å². The maximum Gasteiger partial charge on any atom is 0.179 e. The Balaban J connectivity index is 1.26. The lowest BCUT2D eigenvalue weighted by molar-refractivity contribution is 0.605. The van der Waals surface area contributed by atoms with Gasteiger partial charge in [0.2, 0.25) is 0 Å². The number of pyridine rings is 2. The number of hydrogen-bond donors (Lipinski definition) is 0. The molecule has 0 amide bonds. The molecule has 294 valence electrons. The van der Waals surface area contributed by atoms with E-state index in [0.29, 0.717) is 5.82 Å². The lowest BCUT2D eigenvalue weighted by Gasteiger charge is -2.17. The van der Waals surface area contributed by atoms with Crippen molar-refractivity contribution in [2.45, 2.75) is 118 Å². The van der Waals surface area contributed by atoms with Crippen LogP contribution in [0.25, 0.3) is 77.4 Å². The van der Waals surface area contributed by atoms with Gasteiger partial charge >= 0.3 is 0 Å². The maximum atomic E-state index is 5.43. The molecule has 8 aromatic rings. The number of aryl methyl sites for hydroxylation is 4. The first-order chi connectivity index (χ1) is 28.5. The number of fused-ring (bicyclic) bond motifs is 5. The van der Waals surface area contributed by atoms with Crippen LogP contribution in [0.2, 0.25) is 0 Å². The van der Waals surface area contributed by atoms with Crippen LogP contribution in [-0.4, -0.2) is 19.9 Å². The molecule has 0 bridgehead atoms. The molecule has 0 N–H and O–H groups in total. The summed E-state index contributed by atoms with van der Waals surface area (Å²) in [6, 6.07) is 37.8. The predicted octanol–water partition coefficient (Wildman–Crippen LogP) is 15.3. The molecule has 0 fully saturated rings. The van der Waals surface area contributed by atoms with Crippen LogP contribution in [0.5, 0.6) is 0 Å². The zero-order valence-corrected chi connectivity index (χ0v) is 35.1. The minimum atomic E-state index is 0.639. The van der Waals surface area contributed by atoms with Crippen molar-refractivity contribution in [1.82, 2.24) is 19.9 Å². The van der Waals surface area contributed by atoms with E-state index in [4.69, 9.17) is 19.9 Å². The van der Waals surface area contributed by atoms with Crippen LogP contribution in [0, 0.1) is 13.8 Å². The third kappa shape index (κ3) is 8.97. The van der Waals surface area contributed by atoms with Crippen LogP contribution in [0.3, 0.4) is 0 Å². The number of rotatable bonds is 17. The SMILES string of the molecule is CCCCCCCCc1cc(-c2cc(-c3ccc4cc5cc(C)ccc5cc4c3)nc(-c3ccc4ccc5cccnc5c4n3)n2)c(CCCCCCCC)cc1C. The molecule has 0 saturated heterocycles. The molecule has 0 radical (unpaired) electrons. The fraction of sp³-hybridized carbons (Fsp3) is 0.333. The van der Waals surface area contributed by atoms with E-state index in [1.54, 1.807) is 0 Å². The largest absolute Gasteiger partial charge is 0.254 e. The Morgan fingerprint density at radius 3 is 1.81 bits per heavy atom. The Labute approximate surface area is 345 Å². The van der Waals surface area contributed by atoms with Crippen LogP contribution >= 0.6 is 0 Å². The van der Waals surface area contributed by atoms with Crippen molar-refractivity contribution in [3.8, 4) is 34.0 Å². The average Bonchev–Trinajstić information content (AvgIpc) is 3.25. The smallest absolute Gasteiger partial charge is 0.179 e. The Bertz CT molecular complexity index is 2690. The molecule has 0 spiro atoms. The van der Waals surface area contributed by atoms with Gasteiger partial charge in [-0.1, -0.05) is 144 Å². The number of hydrogen-bond acceptors (Lipinski definition) is 4. The summed E-state index contributed by atoms with van der Waals surface area (Å²) in [5, 5.41) is 7.08. The number of aromatic nitrogens is 4. The number of benzene rings is 5. The summed E-state index contributed by atoms with van der Waals surface area (Å²) in [4.78, 5) is 20.8. The van der Waals surface area contributed by atoms with Gasteiger partial charge in [0.25, 0.3) is 0 Å². The highest BCUT2D eigenvalue weighted by Crippen LogP contribution is 2.35. The van der Waals surface area contributed by atoms with Crippen molar-refractivity contribution in [3.63, 3.8) is 0 Å². The minimum Gasteiger partial charge on any atom is -0.254 e. The Hall–Kier alpha value is -5.48. The van der Waals surface area contributed by atoms with Crippen molar-refractivity contribution < 1.29 is 0 Å². The second kappa shape index (κ2) is 18.4. The fourth-order valence-corrected chi connectivity index (χ4v) is 8.69. The number of nitrogens with zero attached hydrogens (tertiary/aromatic N) is 4. The van der Waals surface area contributed by atoms with Crippen molar-refractivity contribution in [3.05, 3.63) is 132 Å². The van der Waals surface area contributed by atoms with E-state index in [1.165, 1.54) is 126 Å². The second-order valence-electron chi connectivity index (χ2n) is 16.6. The van der Waals surface area contributed by atoms with E-state index in [1.807, 2.05) is 12.3 Å². The van der Waals surface area contributed by atoms with Gasteiger partial charge in [0.05, 0.1) is 22.4 Å². The summed E-state index contributed by atoms with van der Waals surface area (Å²) < 4.78 is 0. The van der Waals surface area contributed by atoms with Crippen LogP contribution in [0.15, 0.2) is 109 Å². The average molecular weight is 763 g/mol. The monoisotopic (exact) mass is 762 g/mol. The summed E-state index contributed by atoms with van der Waals surface area (Å²) in [5.74, 6) is 0.639. The molecule has 0 aliphatic heterocycles. The van der Waals surface area contributed by atoms with Crippen LogP contribution in [-0.2, 0) is 12.8 Å². The Morgan fingerprint density at radius 1 is 0.431 bits per heavy atom. The Kier molecular flexibility index (Phi) is 12.5. The number of unbranched alkanes of at least 4 members (excludes halogenated alkanes) is 10. The predicted molar refractivity (Wildman–Crippen MR) is 248 cm³/mol. The van der Waals surface area contributed by atoms with E-state index < -0.39 is 0 Å². The van der Waals surface area contributed by atoms with Gasteiger partial charge in [-0.15, -0.1) is 0 Å². The van der Waals surface area contributed by atoms with E-state index in [2.05, 4.69) is 125 Å². The normalized spacial score (nSPS) is 11.7. The first-order valence-corrected chi connectivity index (χ1v) is 22.1. The summed E-state index contributed by atoms with van der Waals surface area (Å²) in [6.07, 6.45) is 19.4. The molecule has 0 aliphatic carbocycles. The van der Waals surface area contributed by atoms with Crippen LogP contribution in [0.1, 0.15) is 113 Å². The first-order valence-electron chi connectivity index (χ1n) is 22.1. The zero-order chi connectivity index (χ0) is 39.8. The van der Waals surface area contributed by atoms with E-state index in [9.17, 15) is 0 Å². The van der Waals surface area contributed by atoms with E-state index in [-0.39, 0.29) is 0 Å². The molecule has 58 heavy (non-hydrogen) atoms. The maximum absolute atomic E-state index is 5.43. The summed E-state index contributed by atoms with van der Waals surface area (Å²) in [6.45, 7) is 9.05. The van der Waals surface area contributed by atoms with Gasteiger partial charge in [-0.05, 0) is 120 Å². The fourth-order valence-electron chi connectivity index (χ4n) is 8.69. The van der Waals surface area contributed by atoms with E-state index >= 15 is 0 Å². The van der Waals surface area contributed by atoms with Gasteiger partial charge in [-0.3, -0.25) is 4.98 Å². The van der Waals surface area contributed by atoms with E-state index in [0.717, 1.165) is 57.3 Å². The summed E-state index contributed by atoms with van der Waals surface area (Å²) >= 11 is 0. The van der Waals surface area contributed by atoms with Gasteiger partial charge < -0.3 is 0 Å². The zero-order valence-electron chi connectivity index (χ0n) is 35.1. The van der Waals surface area contributed by atoms with Crippen LogP contribution in [0.4, 0.5) is 0 Å². The molecule has 4 heteroatoms. The van der Waals surface area contributed by atoms with Gasteiger partial charge in [0, 0.05) is 28.1 Å². The van der Waals surface area contributed by atoms with Crippen molar-refractivity contribution in [1.29, 1.82) is 0 Å². The molecule has 0 saturated carbocycles. The highest BCUT2D eigenvalue weighted by atomic mass is 14.9. The van der Waals surface area contributed by atoms with Gasteiger partial charge in [-0.25, -0.2) is 15.0 Å². The molecule has 0 unspecified atom stereocenters. The molecular weight excluding hydrogens is 705 g/mol. The van der Waals surface area contributed by atoms with Crippen LogP contribution < -0.4 is 0 Å². The standard InChI is InChI=1S/C54H58N4/c1-5-7-9-11-13-15-18-41-35-48(44(31-38(41)4)19-16-14-12-10-8-6-2)51-36-50(45-26-25-43-32-46-30-37(3)21-22-42(46)33-47(43)34-45)57-54(58-51)49-28-27-40-24-23-39-20-17-29-55-52(39)53(40)56-49/h17,20-36H,5-16,18-19H2,1-4H3. The molecule has 0 aliphatic rings. The molecule has 4 nitrogen and oxygen atoms in total. The van der Waals surface area contributed by atoms with Gasteiger partial charge in [0.1, 0.15) is 5.69 Å². The topological polar surface area (TPSA) is 51.6 Å². The highest BCUT2D eigenvalue weighted by Gasteiger charge is 2.17. The molecule has 8 rings (SSSR count). The molecule has 3 aromatic heterocycles. The van der Waals surface area contributed by atoms with Gasteiger partial charge in [-0.2, -0.15) is 0 Å². The third-order valence-electron chi connectivity index (χ3n) is 12.1. The van der Waals surface area contributed by atoms with Crippen molar-refractivity contribution in [2.24, 2.45) is 0 Å². The molecule has 5 aromatic carbocycles. The molecule has 3 heterocycles. The lowest BCUT2D eigenvalue weighted by atomic mass is 9.90. The van der Waals surface area contributed by atoms with Crippen molar-refractivity contribution in [2.75, 3.05) is 0 Å². The Morgan fingerprint density at radius 2 is 1.05 bits per heavy atom. The quantitative estimate of drug-likeness (QED) is 0.0527.